The van der Waals surface area contributed by atoms with Gasteiger partial charge < -0.3 is 18.6 Å². The highest BCUT2D eigenvalue weighted by molar-refractivity contribution is 7.99. The molecule has 0 saturated carbocycles. The van der Waals surface area contributed by atoms with Crippen LogP contribution in [0.15, 0.2) is 93.3 Å². The summed E-state index contributed by atoms with van der Waals surface area (Å²) in [6, 6.07) is 19.0. The van der Waals surface area contributed by atoms with Gasteiger partial charge in [-0.2, -0.15) is 0 Å². The van der Waals surface area contributed by atoms with Gasteiger partial charge >= 0.3 is 0 Å². The van der Waals surface area contributed by atoms with Crippen LogP contribution < -0.4 is 4.74 Å². The maximum absolute atomic E-state index is 12.2. The SMILES string of the molecule is O=C(/C=C/c1ccco1)c1ccc(OCCCSc2nnc(CCc3c[nH]c4ccccc34)o2)cc1. The average Bonchev–Trinajstić information content (AvgIpc) is 3.68. The van der Waals surface area contributed by atoms with Crippen molar-refractivity contribution in [1.29, 1.82) is 0 Å². The molecule has 2 aromatic carbocycles. The minimum absolute atomic E-state index is 0.0882. The highest BCUT2D eigenvalue weighted by Crippen LogP contribution is 2.21. The van der Waals surface area contributed by atoms with Gasteiger partial charge in [-0.3, -0.25) is 4.79 Å². The first-order valence-corrected chi connectivity index (χ1v) is 12.7. The zero-order chi connectivity index (χ0) is 24.6. The summed E-state index contributed by atoms with van der Waals surface area (Å²) in [4.78, 5) is 15.5. The monoisotopic (exact) mass is 499 g/mol. The molecule has 3 aromatic heterocycles. The van der Waals surface area contributed by atoms with Crippen LogP contribution in [-0.4, -0.2) is 33.3 Å². The summed E-state index contributed by atoms with van der Waals surface area (Å²) in [5.41, 5.74) is 2.98. The third-order valence-corrected chi connectivity index (χ3v) is 6.50. The minimum Gasteiger partial charge on any atom is -0.494 e. The molecule has 7 nitrogen and oxygen atoms in total. The quantitative estimate of drug-likeness (QED) is 0.0920. The van der Waals surface area contributed by atoms with Gasteiger partial charge in [0.15, 0.2) is 5.78 Å². The van der Waals surface area contributed by atoms with Crippen LogP contribution in [0, 0.1) is 0 Å². The number of furan rings is 1. The van der Waals surface area contributed by atoms with Crippen LogP contribution in [-0.2, 0) is 12.8 Å². The lowest BCUT2D eigenvalue weighted by Crippen LogP contribution is -2.00. The Kier molecular flexibility index (Phi) is 7.63. The van der Waals surface area contributed by atoms with Crippen LogP contribution in [0.3, 0.4) is 0 Å². The Balaban J connectivity index is 1.01. The summed E-state index contributed by atoms with van der Waals surface area (Å²) in [6.07, 6.45) is 9.13. The molecule has 3 heterocycles. The van der Waals surface area contributed by atoms with Crippen LogP contribution in [0.5, 0.6) is 5.75 Å². The molecule has 0 radical (unpaired) electrons. The molecule has 0 saturated heterocycles. The van der Waals surface area contributed by atoms with E-state index in [0.717, 1.165) is 29.9 Å². The van der Waals surface area contributed by atoms with E-state index < -0.39 is 0 Å². The van der Waals surface area contributed by atoms with Crippen molar-refractivity contribution in [3.63, 3.8) is 0 Å². The van der Waals surface area contributed by atoms with Crippen molar-refractivity contribution in [2.75, 3.05) is 12.4 Å². The minimum atomic E-state index is -0.0882. The van der Waals surface area contributed by atoms with Gasteiger partial charge in [0, 0.05) is 34.8 Å². The van der Waals surface area contributed by atoms with Crippen molar-refractivity contribution in [2.24, 2.45) is 0 Å². The first kappa shape index (κ1) is 23.7. The average molecular weight is 500 g/mol. The Morgan fingerprint density at radius 3 is 2.78 bits per heavy atom. The fourth-order valence-corrected chi connectivity index (χ4v) is 4.43. The summed E-state index contributed by atoms with van der Waals surface area (Å²) in [7, 11) is 0. The van der Waals surface area contributed by atoms with Crippen LogP contribution >= 0.6 is 11.8 Å². The highest BCUT2D eigenvalue weighted by Gasteiger charge is 2.09. The number of ether oxygens (including phenoxy) is 1. The van der Waals surface area contributed by atoms with Gasteiger partial charge in [0.05, 0.1) is 12.9 Å². The summed E-state index contributed by atoms with van der Waals surface area (Å²) < 4.78 is 16.8. The number of ketones is 1. The number of carbonyl (C=O) groups is 1. The number of aromatic amines is 1. The number of para-hydroxylation sites is 1. The molecule has 8 heteroatoms. The molecular weight excluding hydrogens is 474 g/mol. The molecule has 0 atom stereocenters. The second kappa shape index (κ2) is 11.6. The molecule has 1 N–H and O–H groups in total. The number of allylic oxidation sites excluding steroid dienone is 1. The van der Waals surface area contributed by atoms with Crippen molar-refractivity contribution in [2.45, 2.75) is 24.5 Å². The molecule has 0 fully saturated rings. The van der Waals surface area contributed by atoms with Crippen molar-refractivity contribution in [3.05, 3.63) is 102 Å². The Morgan fingerprint density at radius 1 is 1.03 bits per heavy atom. The third kappa shape index (κ3) is 6.14. The first-order valence-electron chi connectivity index (χ1n) is 11.7. The van der Waals surface area contributed by atoms with Crippen molar-refractivity contribution in [3.8, 4) is 5.75 Å². The normalized spacial score (nSPS) is 11.4. The van der Waals surface area contributed by atoms with Gasteiger partial charge in [0.25, 0.3) is 5.22 Å². The molecule has 0 bridgehead atoms. The van der Waals surface area contributed by atoms with Gasteiger partial charge in [0.1, 0.15) is 11.5 Å². The molecule has 5 aromatic rings. The number of thioether (sulfide) groups is 1. The van der Waals surface area contributed by atoms with Crippen molar-refractivity contribution in [1.82, 2.24) is 15.2 Å². The van der Waals surface area contributed by atoms with Gasteiger partial charge in [-0.05, 0) is 73.0 Å². The molecule has 0 aliphatic carbocycles. The summed E-state index contributed by atoms with van der Waals surface area (Å²) in [5.74, 6) is 2.73. The summed E-state index contributed by atoms with van der Waals surface area (Å²) in [5, 5.41) is 10.1. The first-order chi connectivity index (χ1) is 17.7. The van der Waals surface area contributed by atoms with E-state index >= 15 is 0 Å². The van der Waals surface area contributed by atoms with E-state index in [0.29, 0.717) is 35.5 Å². The van der Waals surface area contributed by atoms with E-state index in [-0.39, 0.29) is 5.78 Å². The number of carbonyl (C=O) groups excluding carboxylic acids is 1. The number of H-pyrrole nitrogens is 1. The van der Waals surface area contributed by atoms with Gasteiger partial charge in [0.2, 0.25) is 5.89 Å². The lowest BCUT2D eigenvalue weighted by Gasteiger charge is -2.06. The molecule has 0 aliphatic heterocycles. The lowest BCUT2D eigenvalue weighted by atomic mass is 10.1. The Labute approximate surface area is 212 Å². The molecule has 5 rings (SSSR count). The van der Waals surface area contributed by atoms with E-state index in [1.165, 1.54) is 28.8 Å². The predicted octanol–water partition coefficient (Wildman–Crippen LogP) is 6.39. The Morgan fingerprint density at radius 2 is 1.92 bits per heavy atom. The topological polar surface area (TPSA) is 94.1 Å². The standard InChI is InChI=1S/C28H25N3O4S/c32-26(14-13-22-5-3-16-33-22)20-8-11-23(12-9-20)34-17-4-18-36-28-31-30-27(35-28)15-10-21-19-29-25-7-2-1-6-24(21)25/h1-3,5-9,11-14,16,19,29H,4,10,15,17-18H2/b14-13+. The third-order valence-electron chi connectivity index (χ3n) is 5.60. The number of aryl methyl sites for hydroxylation is 2. The number of fused-ring (bicyclic) bond motifs is 1. The molecule has 0 spiro atoms. The number of hydrogen-bond donors (Lipinski definition) is 1. The fraction of sp³-hybridized carbons (Fsp3) is 0.179. The number of nitrogens with one attached hydrogen (secondary N) is 1. The van der Waals surface area contributed by atoms with Crippen LogP contribution in [0.2, 0.25) is 0 Å². The van der Waals surface area contributed by atoms with Crippen molar-refractivity contribution < 1.29 is 18.4 Å². The number of hydrogen-bond acceptors (Lipinski definition) is 7. The van der Waals surface area contributed by atoms with E-state index in [1.807, 2.05) is 18.3 Å². The molecule has 0 aliphatic rings. The maximum Gasteiger partial charge on any atom is 0.276 e. The van der Waals surface area contributed by atoms with E-state index in [9.17, 15) is 4.79 Å². The molecule has 36 heavy (non-hydrogen) atoms. The predicted molar refractivity (Wildman–Crippen MR) is 139 cm³/mol. The summed E-state index contributed by atoms with van der Waals surface area (Å²) in [6.45, 7) is 0.556. The Bertz CT molecular complexity index is 1440. The van der Waals surface area contributed by atoms with Crippen LogP contribution in [0.4, 0.5) is 0 Å². The Hall–Kier alpha value is -4.04. The molecule has 0 unspecified atom stereocenters. The van der Waals surface area contributed by atoms with Crippen LogP contribution in [0.1, 0.15) is 34.0 Å². The molecular formula is C28H25N3O4S. The largest absolute Gasteiger partial charge is 0.494 e. The maximum atomic E-state index is 12.2. The van der Waals surface area contributed by atoms with Gasteiger partial charge in [-0.15, -0.1) is 10.2 Å². The zero-order valence-electron chi connectivity index (χ0n) is 19.6. The van der Waals surface area contributed by atoms with Gasteiger partial charge in [-0.1, -0.05) is 30.0 Å². The molecule has 182 valence electrons. The zero-order valence-corrected chi connectivity index (χ0v) is 20.4. The number of nitrogens with zero attached hydrogens (tertiary/aromatic N) is 2. The highest BCUT2D eigenvalue weighted by atomic mass is 32.2. The van der Waals surface area contributed by atoms with Crippen molar-refractivity contribution >= 4 is 34.5 Å². The molecule has 0 amide bonds. The smallest absolute Gasteiger partial charge is 0.276 e. The van der Waals surface area contributed by atoms with E-state index in [1.54, 1.807) is 48.7 Å². The lowest BCUT2D eigenvalue weighted by molar-refractivity contribution is 0.104. The number of aromatic nitrogens is 3. The van der Waals surface area contributed by atoms with Gasteiger partial charge in [-0.25, -0.2) is 0 Å². The van der Waals surface area contributed by atoms with E-state index in [4.69, 9.17) is 13.6 Å². The number of benzene rings is 2. The number of rotatable bonds is 12. The summed E-state index contributed by atoms with van der Waals surface area (Å²) >= 11 is 1.53. The second-order valence-electron chi connectivity index (χ2n) is 8.11. The van der Waals surface area contributed by atoms with E-state index in [2.05, 4.69) is 27.3 Å². The second-order valence-corrected chi connectivity index (χ2v) is 9.16. The van der Waals surface area contributed by atoms with Crippen LogP contribution in [0.25, 0.3) is 17.0 Å². The fourth-order valence-electron chi connectivity index (χ4n) is 3.74.